The van der Waals surface area contributed by atoms with Gasteiger partial charge >= 0.3 is 6.03 Å². The minimum atomic E-state index is -0.738. The lowest BCUT2D eigenvalue weighted by molar-refractivity contribution is -0.122. The minimum absolute atomic E-state index is 0.167. The Hall–Kier alpha value is -2.04. The second-order valence-corrected chi connectivity index (χ2v) is 5.14. The molecule has 1 heterocycles. The standard InChI is InChI=1S/C13H15N3O2/c1-13(8-2-3-8)11(17)16(12(18)15-13)10-6-4-9(14)5-7-10/h4-8H,2-3,14H2,1H3,(H,15,18). The molecular formula is C13H15N3O2. The lowest BCUT2D eigenvalue weighted by Crippen LogP contribution is -2.46. The van der Waals surface area contributed by atoms with Crippen molar-refractivity contribution in [1.82, 2.24) is 5.32 Å². The van der Waals surface area contributed by atoms with Gasteiger partial charge in [-0.15, -0.1) is 0 Å². The largest absolute Gasteiger partial charge is 0.399 e. The highest BCUT2D eigenvalue weighted by Gasteiger charge is 2.56. The third-order valence-corrected chi connectivity index (χ3v) is 3.76. The monoisotopic (exact) mass is 245 g/mol. The number of benzene rings is 1. The molecule has 0 spiro atoms. The van der Waals surface area contributed by atoms with Crippen LogP contribution in [-0.2, 0) is 4.79 Å². The van der Waals surface area contributed by atoms with E-state index in [2.05, 4.69) is 5.32 Å². The average Bonchev–Trinajstić information content (AvgIpc) is 3.12. The smallest absolute Gasteiger partial charge is 0.329 e. The molecule has 5 heteroatoms. The molecule has 5 nitrogen and oxygen atoms in total. The van der Waals surface area contributed by atoms with Crippen molar-refractivity contribution in [2.24, 2.45) is 5.92 Å². The number of rotatable bonds is 2. The quantitative estimate of drug-likeness (QED) is 0.612. The highest BCUT2D eigenvalue weighted by Crippen LogP contribution is 2.43. The molecule has 1 aliphatic heterocycles. The predicted octanol–water partition coefficient (Wildman–Crippen LogP) is 1.49. The zero-order valence-corrected chi connectivity index (χ0v) is 10.1. The average molecular weight is 245 g/mol. The van der Waals surface area contributed by atoms with Gasteiger partial charge in [0.1, 0.15) is 5.54 Å². The van der Waals surface area contributed by atoms with Gasteiger partial charge in [-0.25, -0.2) is 9.69 Å². The van der Waals surface area contributed by atoms with E-state index in [1.165, 1.54) is 4.90 Å². The van der Waals surface area contributed by atoms with E-state index in [4.69, 9.17) is 5.73 Å². The number of imide groups is 1. The van der Waals surface area contributed by atoms with Crippen molar-refractivity contribution in [1.29, 1.82) is 0 Å². The number of nitrogens with one attached hydrogen (secondary N) is 1. The molecule has 1 saturated heterocycles. The van der Waals surface area contributed by atoms with E-state index in [0.717, 1.165) is 12.8 Å². The van der Waals surface area contributed by atoms with Crippen LogP contribution in [0.4, 0.5) is 16.2 Å². The van der Waals surface area contributed by atoms with Gasteiger partial charge in [-0.1, -0.05) is 0 Å². The lowest BCUT2D eigenvalue weighted by atomic mass is 9.96. The maximum Gasteiger partial charge on any atom is 0.329 e. The molecule has 1 saturated carbocycles. The summed E-state index contributed by atoms with van der Waals surface area (Å²) in [7, 11) is 0. The number of amides is 3. The van der Waals surface area contributed by atoms with Gasteiger partial charge in [-0.05, 0) is 49.9 Å². The molecule has 0 bridgehead atoms. The first-order valence-electron chi connectivity index (χ1n) is 6.04. The summed E-state index contributed by atoms with van der Waals surface area (Å²) in [5, 5.41) is 2.81. The SMILES string of the molecule is CC1(C2CC2)NC(=O)N(c2ccc(N)cc2)C1=O. The van der Waals surface area contributed by atoms with Crippen LogP contribution in [0.25, 0.3) is 0 Å². The Labute approximate surface area is 105 Å². The van der Waals surface area contributed by atoms with E-state index >= 15 is 0 Å². The first kappa shape index (κ1) is 11.1. The summed E-state index contributed by atoms with van der Waals surface area (Å²) < 4.78 is 0. The fourth-order valence-electron chi connectivity index (χ4n) is 2.45. The van der Waals surface area contributed by atoms with Crippen LogP contribution in [0.5, 0.6) is 0 Å². The number of hydrogen-bond donors (Lipinski definition) is 2. The Balaban J connectivity index is 1.95. The predicted molar refractivity (Wildman–Crippen MR) is 68.0 cm³/mol. The van der Waals surface area contributed by atoms with Gasteiger partial charge in [-0.2, -0.15) is 0 Å². The Morgan fingerprint density at radius 2 is 1.89 bits per heavy atom. The molecule has 3 rings (SSSR count). The van der Waals surface area contributed by atoms with Crippen LogP contribution >= 0.6 is 0 Å². The molecule has 1 atom stereocenters. The Kier molecular flexibility index (Phi) is 2.14. The molecular weight excluding hydrogens is 230 g/mol. The zero-order chi connectivity index (χ0) is 12.9. The van der Waals surface area contributed by atoms with E-state index in [9.17, 15) is 9.59 Å². The van der Waals surface area contributed by atoms with Gasteiger partial charge in [0.15, 0.2) is 0 Å². The van der Waals surface area contributed by atoms with Crippen LogP contribution < -0.4 is 16.0 Å². The van der Waals surface area contributed by atoms with E-state index in [1.807, 2.05) is 6.92 Å². The summed E-state index contributed by atoms with van der Waals surface area (Å²) in [4.78, 5) is 25.6. The van der Waals surface area contributed by atoms with Gasteiger partial charge in [0.05, 0.1) is 5.69 Å². The molecule has 1 aromatic rings. The highest BCUT2D eigenvalue weighted by molar-refractivity contribution is 6.23. The molecule has 3 N–H and O–H groups in total. The summed E-state index contributed by atoms with van der Waals surface area (Å²) in [5.74, 6) is 0.104. The molecule has 1 aromatic carbocycles. The summed E-state index contributed by atoms with van der Waals surface area (Å²) in [5.41, 5.74) is 6.04. The summed E-state index contributed by atoms with van der Waals surface area (Å²) in [6.45, 7) is 1.81. The van der Waals surface area contributed by atoms with Crippen LogP contribution in [0.15, 0.2) is 24.3 Å². The molecule has 0 aromatic heterocycles. The van der Waals surface area contributed by atoms with E-state index in [0.29, 0.717) is 11.4 Å². The minimum Gasteiger partial charge on any atom is -0.399 e. The number of anilines is 2. The number of urea groups is 1. The fourth-order valence-corrected chi connectivity index (χ4v) is 2.45. The molecule has 2 aliphatic rings. The number of nitrogens with two attached hydrogens (primary N) is 1. The van der Waals surface area contributed by atoms with E-state index in [1.54, 1.807) is 24.3 Å². The van der Waals surface area contributed by atoms with Crippen molar-refractivity contribution in [2.75, 3.05) is 10.6 Å². The second-order valence-electron chi connectivity index (χ2n) is 5.14. The molecule has 18 heavy (non-hydrogen) atoms. The van der Waals surface area contributed by atoms with Crippen molar-refractivity contribution in [3.05, 3.63) is 24.3 Å². The molecule has 2 fully saturated rings. The zero-order valence-electron chi connectivity index (χ0n) is 10.1. The third kappa shape index (κ3) is 1.47. The van der Waals surface area contributed by atoms with E-state index < -0.39 is 5.54 Å². The van der Waals surface area contributed by atoms with Crippen molar-refractivity contribution in [2.45, 2.75) is 25.3 Å². The lowest BCUT2D eigenvalue weighted by Gasteiger charge is -2.20. The van der Waals surface area contributed by atoms with Crippen LogP contribution in [-0.4, -0.2) is 17.5 Å². The number of carbonyl (C=O) groups is 2. The molecule has 94 valence electrons. The third-order valence-electron chi connectivity index (χ3n) is 3.76. The van der Waals surface area contributed by atoms with Gasteiger partial charge in [0.2, 0.25) is 0 Å². The van der Waals surface area contributed by atoms with Crippen molar-refractivity contribution in [3.8, 4) is 0 Å². The summed E-state index contributed by atoms with van der Waals surface area (Å²) in [6, 6.07) is 6.39. The Morgan fingerprint density at radius 1 is 1.28 bits per heavy atom. The highest BCUT2D eigenvalue weighted by atomic mass is 16.2. The van der Waals surface area contributed by atoms with Crippen molar-refractivity contribution in [3.63, 3.8) is 0 Å². The maximum absolute atomic E-state index is 12.4. The van der Waals surface area contributed by atoms with E-state index in [-0.39, 0.29) is 17.9 Å². The Morgan fingerprint density at radius 3 is 2.44 bits per heavy atom. The molecule has 3 amide bonds. The topological polar surface area (TPSA) is 75.4 Å². The number of nitrogen functional groups attached to an aromatic ring is 1. The molecule has 1 aliphatic carbocycles. The first-order chi connectivity index (χ1) is 8.52. The summed E-state index contributed by atoms with van der Waals surface area (Å²) >= 11 is 0. The Bertz CT molecular complexity index is 522. The van der Waals surface area contributed by atoms with Gasteiger partial charge in [-0.3, -0.25) is 4.79 Å². The van der Waals surface area contributed by atoms with Gasteiger partial charge in [0, 0.05) is 5.69 Å². The summed E-state index contributed by atoms with van der Waals surface area (Å²) in [6.07, 6.45) is 2.00. The van der Waals surface area contributed by atoms with Gasteiger partial charge < -0.3 is 11.1 Å². The molecule has 0 radical (unpaired) electrons. The fraction of sp³-hybridized carbons (Fsp3) is 0.385. The first-order valence-corrected chi connectivity index (χ1v) is 6.04. The second kappa shape index (κ2) is 3.48. The van der Waals surface area contributed by atoms with Crippen molar-refractivity contribution >= 4 is 23.3 Å². The van der Waals surface area contributed by atoms with Crippen LogP contribution in [0.3, 0.4) is 0 Å². The van der Waals surface area contributed by atoms with Gasteiger partial charge in [0.25, 0.3) is 5.91 Å². The normalized spacial score (nSPS) is 27.5. The van der Waals surface area contributed by atoms with Crippen molar-refractivity contribution < 1.29 is 9.59 Å². The number of hydrogen-bond acceptors (Lipinski definition) is 3. The maximum atomic E-state index is 12.4. The van der Waals surface area contributed by atoms with Crippen LogP contribution in [0.2, 0.25) is 0 Å². The number of carbonyl (C=O) groups excluding carboxylic acids is 2. The van der Waals surface area contributed by atoms with Crippen LogP contribution in [0, 0.1) is 5.92 Å². The number of nitrogens with zero attached hydrogens (tertiary/aromatic N) is 1. The molecule has 1 unspecified atom stereocenters. The van der Waals surface area contributed by atoms with Crippen LogP contribution in [0.1, 0.15) is 19.8 Å².